The normalized spacial score (nSPS) is 15.1. The molecule has 1 fully saturated rings. The minimum absolute atomic E-state index is 0.0330. The highest BCUT2D eigenvalue weighted by atomic mass is 32.2. The summed E-state index contributed by atoms with van der Waals surface area (Å²) in [5, 5.41) is 13.1. The van der Waals surface area contributed by atoms with E-state index in [1.165, 1.54) is 27.8 Å². The molecule has 2 heterocycles. The van der Waals surface area contributed by atoms with Gasteiger partial charge >= 0.3 is 0 Å². The SMILES string of the molecule is O=[N+]([O-])c1ccc(-c2csc(=Nc3ccc(S(=O)(=O)N4CCOCC4)cc3)n2Cc2ccccc2)cc1. The largest absolute Gasteiger partial charge is 0.379 e. The molecule has 9 nitrogen and oxygen atoms in total. The number of nitro groups is 1. The zero-order valence-electron chi connectivity index (χ0n) is 19.8. The van der Waals surface area contributed by atoms with Gasteiger partial charge in [-0.1, -0.05) is 30.3 Å². The molecule has 0 bridgehead atoms. The second-order valence-electron chi connectivity index (χ2n) is 8.40. The molecule has 1 aliphatic rings. The average Bonchev–Trinajstić information content (AvgIpc) is 3.31. The lowest BCUT2D eigenvalue weighted by atomic mass is 10.1. The third-order valence-electron chi connectivity index (χ3n) is 6.02. The van der Waals surface area contributed by atoms with Gasteiger partial charge in [-0.2, -0.15) is 4.31 Å². The van der Waals surface area contributed by atoms with E-state index < -0.39 is 14.9 Å². The minimum Gasteiger partial charge on any atom is -0.379 e. The number of sulfonamides is 1. The summed E-state index contributed by atoms with van der Waals surface area (Å²) in [6, 6.07) is 23.0. The zero-order chi connectivity index (χ0) is 25.8. The Bertz CT molecular complexity index is 1560. The smallest absolute Gasteiger partial charge is 0.269 e. The molecule has 0 aliphatic carbocycles. The summed E-state index contributed by atoms with van der Waals surface area (Å²) < 4.78 is 34.6. The highest BCUT2D eigenvalue weighted by molar-refractivity contribution is 7.89. The van der Waals surface area contributed by atoms with Crippen molar-refractivity contribution in [1.82, 2.24) is 8.87 Å². The standard InChI is InChI=1S/C26H24N4O5S2/c31-30(32)23-10-6-21(7-11-23)25-19-36-26(29(25)18-20-4-2-1-3-5-20)27-22-8-12-24(13-9-22)37(33,34)28-14-16-35-17-15-28/h1-13,19H,14-18H2. The summed E-state index contributed by atoms with van der Waals surface area (Å²) in [5.74, 6) is 0. The Morgan fingerprint density at radius 1 is 0.946 bits per heavy atom. The van der Waals surface area contributed by atoms with Gasteiger partial charge in [0.1, 0.15) is 0 Å². The maximum Gasteiger partial charge on any atom is 0.269 e. The maximum absolute atomic E-state index is 12.9. The summed E-state index contributed by atoms with van der Waals surface area (Å²) in [6.45, 7) is 2.02. The number of morpholine rings is 1. The van der Waals surface area contributed by atoms with Crippen LogP contribution in [0.4, 0.5) is 11.4 Å². The topological polar surface area (TPSA) is 107 Å². The number of nitro benzene ring substituents is 1. The van der Waals surface area contributed by atoms with Gasteiger partial charge in [0.05, 0.1) is 41.0 Å². The molecule has 0 unspecified atom stereocenters. The van der Waals surface area contributed by atoms with E-state index >= 15 is 0 Å². The first-order valence-electron chi connectivity index (χ1n) is 11.6. The average molecular weight is 537 g/mol. The molecule has 0 radical (unpaired) electrons. The molecule has 0 saturated carbocycles. The van der Waals surface area contributed by atoms with Crippen LogP contribution in [-0.2, 0) is 21.3 Å². The summed E-state index contributed by atoms with van der Waals surface area (Å²) in [5.41, 5.74) is 3.46. The van der Waals surface area contributed by atoms with Gasteiger partial charge in [0, 0.05) is 30.6 Å². The first-order valence-corrected chi connectivity index (χ1v) is 13.9. The van der Waals surface area contributed by atoms with Crippen molar-refractivity contribution in [2.75, 3.05) is 26.3 Å². The third-order valence-corrected chi connectivity index (χ3v) is 8.80. The quantitative estimate of drug-likeness (QED) is 0.257. The molecule has 0 spiro atoms. The van der Waals surface area contributed by atoms with E-state index in [0.29, 0.717) is 38.5 Å². The summed E-state index contributed by atoms with van der Waals surface area (Å²) in [7, 11) is -3.58. The van der Waals surface area contributed by atoms with E-state index in [1.54, 1.807) is 36.4 Å². The highest BCUT2D eigenvalue weighted by Gasteiger charge is 2.26. The lowest BCUT2D eigenvalue weighted by molar-refractivity contribution is -0.384. The van der Waals surface area contributed by atoms with Gasteiger partial charge in [-0.3, -0.25) is 10.1 Å². The number of hydrogen-bond acceptors (Lipinski definition) is 7. The molecule has 1 aliphatic heterocycles. The van der Waals surface area contributed by atoms with E-state index in [4.69, 9.17) is 9.73 Å². The number of aromatic nitrogens is 1. The first kappa shape index (κ1) is 25.0. The fourth-order valence-electron chi connectivity index (χ4n) is 4.06. The van der Waals surface area contributed by atoms with Gasteiger partial charge < -0.3 is 9.30 Å². The second kappa shape index (κ2) is 10.8. The van der Waals surface area contributed by atoms with E-state index in [9.17, 15) is 18.5 Å². The van der Waals surface area contributed by atoms with Gasteiger partial charge in [-0.25, -0.2) is 13.4 Å². The molecule has 1 aromatic heterocycles. The van der Waals surface area contributed by atoms with Crippen molar-refractivity contribution in [1.29, 1.82) is 0 Å². The number of benzene rings is 3. The number of non-ortho nitro benzene ring substituents is 1. The van der Waals surface area contributed by atoms with Crippen molar-refractivity contribution in [3.63, 3.8) is 0 Å². The minimum atomic E-state index is -3.58. The predicted molar refractivity (Wildman–Crippen MR) is 141 cm³/mol. The van der Waals surface area contributed by atoms with Crippen LogP contribution in [0, 0.1) is 10.1 Å². The molecular formula is C26H24N4O5S2. The second-order valence-corrected chi connectivity index (χ2v) is 11.2. The molecule has 37 heavy (non-hydrogen) atoms. The van der Waals surface area contributed by atoms with Crippen molar-refractivity contribution in [2.45, 2.75) is 11.4 Å². The Kier molecular flexibility index (Phi) is 7.28. The van der Waals surface area contributed by atoms with Crippen LogP contribution in [0.15, 0.2) is 94.1 Å². The van der Waals surface area contributed by atoms with Crippen molar-refractivity contribution < 1.29 is 18.1 Å². The first-order chi connectivity index (χ1) is 17.9. The summed E-state index contributed by atoms with van der Waals surface area (Å²) in [4.78, 5) is 16.4. The van der Waals surface area contributed by atoms with Crippen molar-refractivity contribution in [2.24, 2.45) is 4.99 Å². The Hall–Kier alpha value is -3.64. The number of hydrogen-bond donors (Lipinski definition) is 0. The third kappa shape index (κ3) is 5.54. The van der Waals surface area contributed by atoms with E-state index in [0.717, 1.165) is 21.6 Å². The molecule has 3 aromatic carbocycles. The van der Waals surface area contributed by atoms with Crippen LogP contribution in [0.2, 0.25) is 0 Å². The van der Waals surface area contributed by atoms with Crippen molar-refractivity contribution >= 4 is 32.7 Å². The van der Waals surface area contributed by atoms with E-state index in [2.05, 4.69) is 4.57 Å². The van der Waals surface area contributed by atoms with Gasteiger partial charge in [0.15, 0.2) is 4.80 Å². The zero-order valence-corrected chi connectivity index (χ0v) is 21.4. The Balaban J connectivity index is 1.51. The lowest BCUT2D eigenvalue weighted by Gasteiger charge is -2.26. The summed E-state index contributed by atoms with van der Waals surface area (Å²) >= 11 is 1.45. The van der Waals surface area contributed by atoms with Crippen molar-refractivity contribution in [3.05, 3.63) is 105 Å². The van der Waals surface area contributed by atoms with Gasteiger partial charge in [-0.15, -0.1) is 11.3 Å². The van der Waals surface area contributed by atoms with Crippen LogP contribution < -0.4 is 4.80 Å². The van der Waals surface area contributed by atoms with Crippen molar-refractivity contribution in [3.8, 4) is 11.3 Å². The van der Waals surface area contributed by atoms with E-state index in [1.807, 2.05) is 35.7 Å². The molecule has 11 heteroatoms. The molecule has 1 saturated heterocycles. The fourth-order valence-corrected chi connectivity index (χ4v) is 6.40. The molecule has 190 valence electrons. The van der Waals surface area contributed by atoms with Crippen LogP contribution >= 0.6 is 11.3 Å². The van der Waals surface area contributed by atoms with Crippen LogP contribution in [0.3, 0.4) is 0 Å². The number of thiazole rings is 1. The molecule has 0 amide bonds. The Morgan fingerprint density at radius 3 is 2.27 bits per heavy atom. The molecular weight excluding hydrogens is 512 g/mol. The molecule has 5 rings (SSSR count). The predicted octanol–water partition coefficient (Wildman–Crippen LogP) is 4.43. The monoisotopic (exact) mass is 536 g/mol. The van der Waals surface area contributed by atoms with Gasteiger partial charge in [0.25, 0.3) is 5.69 Å². The van der Waals surface area contributed by atoms with Crippen LogP contribution in [0.25, 0.3) is 11.3 Å². The number of ether oxygens (including phenoxy) is 1. The highest BCUT2D eigenvalue weighted by Crippen LogP contribution is 2.25. The van der Waals surface area contributed by atoms with Crippen LogP contribution in [0.5, 0.6) is 0 Å². The molecule has 0 N–H and O–H groups in total. The number of nitrogens with zero attached hydrogens (tertiary/aromatic N) is 4. The Morgan fingerprint density at radius 2 is 1.62 bits per heavy atom. The fraction of sp³-hybridized carbons (Fsp3) is 0.192. The van der Waals surface area contributed by atoms with Gasteiger partial charge in [-0.05, 0) is 47.5 Å². The molecule has 4 aromatic rings. The van der Waals surface area contributed by atoms with Crippen LogP contribution in [0.1, 0.15) is 5.56 Å². The van der Waals surface area contributed by atoms with Gasteiger partial charge in [0.2, 0.25) is 10.0 Å². The maximum atomic E-state index is 12.9. The Labute approximate surface area is 218 Å². The lowest BCUT2D eigenvalue weighted by Crippen LogP contribution is -2.40. The summed E-state index contributed by atoms with van der Waals surface area (Å²) in [6.07, 6.45) is 0. The number of rotatable bonds is 7. The molecule has 0 atom stereocenters. The van der Waals surface area contributed by atoms with E-state index in [-0.39, 0.29) is 10.6 Å². The van der Waals surface area contributed by atoms with Crippen LogP contribution in [-0.4, -0.2) is 48.5 Å².